The van der Waals surface area contributed by atoms with Gasteiger partial charge in [-0.1, -0.05) is 6.92 Å². The molecule has 0 spiro atoms. The van der Waals surface area contributed by atoms with Crippen molar-refractivity contribution in [1.29, 1.82) is 0 Å². The van der Waals surface area contributed by atoms with Gasteiger partial charge in [0.05, 0.1) is 5.01 Å². The van der Waals surface area contributed by atoms with Crippen LogP contribution in [0.1, 0.15) is 22.7 Å². The van der Waals surface area contributed by atoms with E-state index in [0.29, 0.717) is 5.92 Å². The van der Waals surface area contributed by atoms with Crippen LogP contribution in [0, 0.1) is 6.92 Å². The standard InChI is InChI=1S/C10H18N4S.HI/c1-7(5-14-10(11-3)12-4)9-13-6-8(2)15-9;/h6-7H,5H2,1-4H3,(H2,11,12,14);1H. The van der Waals surface area contributed by atoms with E-state index >= 15 is 0 Å². The molecule has 1 unspecified atom stereocenters. The summed E-state index contributed by atoms with van der Waals surface area (Å²) in [5.41, 5.74) is 0. The van der Waals surface area contributed by atoms with Crippen molar-refractivity contribution >= 4 is 41.3 Å². The lowest BCUT2D eigenvalue weighted by Gasteiger charge is -2.12. The van der Waals surface area contributed by atoms with Crippen LogP contribution in [0.3, 0.4) is 0 Å². The van der Waals surface area contributed by atoms with E-state index in [1.807, 2.05) is 13.2 Å². The van der Waals surface area contributed by atoms with E-state index in [1.165, 1.54) is 9.88 Å². The van der Waals surface area contributed by atoms with Gasteiger partial charge in [0.25, 0.3) is 0 Å². The Morgan fingerprint density at radius 1 is 1.62 bits per heavy atom. The van der Waals surface area contributed by atoms with Crippen LogP contribution in [0.5, 0.6) is 0 Å². The molecule has 0 bridgehead atoms. The molecule has 1 rings (SSSR count). The summed E-state index contributed by atoms with van der Waals surface area (Å²) < 4.78 is 0. The number of nitrogens with zero attached hydrogens (tertiary/aromatic N) is 2. The number of aromatic nitrogens is 1. The highest BCUT2D eigenvalue weighted by atomic mass is 127. The Labute approximate surface area is 118 Å². The maximum atomic E-state index is 4.36. The molecule has 0 radical (unpaired) electrons. The van der Waals surface area contributed by atoms with Gasteiger partial charge in [0.15, 0.2) is 5.96 Å². The summed E-state index contributed by atoms with van der Waals surface area (Å²) in [5.74, 6) is 1.23. The molecule has 1 atom stereocenters. The largest absolute Gasteiger partial charge is 0.359 e. The highest BCUT2D eigenvalue weighted by Gasteiger charge is 2.09. The van der Waals surface area contributed by atoms with Gasteiger partial charge in [-0.05, 0) is 6.92 Å². The fourth-order valence-corrected chi connectivity index (χ4v) is 2.04. The molecule has 0 aromatic carbocycles. The van der Waals surface area contributed by atoms with Gasteiger partial charge in [-0.2, -0.15) is 0 Å². The second-order valence-corrected chi connectivity index (χ2v) is 4.68. The molecule has 1 aromatic rings. The molecular formula is C10H19IN4S. The second-order valence-electron chi connectivity index (χ2n) is 3.41. The molecular weight excluding hydrogens is 335 g/mol. The minimum absolute atomic E-state index is 0. The Bertz CT molecular complexity index is 337. The smallest absolute Gasteiger partial charge is 0.190 e. The number of aliphatic imine (C=N–C) groups is 1. The van der Waals surface area contributed by atoms with E-state index < -0.39 is 0 Å². The fourth-order valence-electron chi connectivity index (χ4n) is 1.22. The maximum absolute atomic E-state index is 4.36. The quantitative estimate of drug-likeness (QED) is 0.496. The van der Waals surface area contributed by atoms with Crippen LogP contribution in [0.2, 0.25) is 0 Å². The van der Waals surface area contributed by atoms with Crippen LogP contribution in [0.4, 0.5) is 0 Å². The van der Waals surface area contributed by atoms with E-state index in [1.54, 1.807) is 18.4 Å². The average molecular weight is 354 g/mol. The Kier molecular flexibility index (Phi) is 7.65. The third-order valence-electron chi connectivity index (χ3n) is 2.10. The number of rotatable bonds is 3. The Morgan fingerprint density at radius 2 is 2.31 bits per heavy atom. The van der Waals surface area contributed by atoms with E-state index in [0.717, 1.165) is 12.5 Å². The molecule has 0 saturated heterocycles. The summed E-state index contributed by atoms with van der Waals surface area (Å²) in [6.45, 7) is 5.09. The van der Waals surface area contributed by atoms with Crippen LogP contribution in [0.15, 0.2) is 11.2 Å². The molecule has 92 valence electrons. The molecule has 4 nitrogen and oxygen atoms in total. The first-order valence-corrected chi connectivity index (χ1v) is 5.79. The first-order valence-electron chi connectivity index (χ1n) is 4.98. The van der Waals surface area contributed by atoms with Gasteiger partial charge >= 0.3 is 0 Å². The Hall–Kier alpha value is -0.370. The normalized spacial score (nSPS) is 12.9. The number of aryl methyl sites for hydroxylation is 1. The number of hydrogen-bond acceptors (Lipinski definition) is 3. The zero-order valence-electron chi connectivity index (χ0n) is 10.1. The van der Waals surface area contributed by atoms with Gasteiger partial charge in [-0.3, -0.25) is 4.99 Å². The monoisotopic (exact) mass is 354 g/mol. The van der Waals surface area contributed by atoms with Gasteiger partial charge in [0, 0.05) is 37.6 Å². The van der Waals surface area contributed by atoms with E-state index in [4.69, 9.17) is 0 Å². The summed E-state index contributed by atoms with van der Waals surface area (Å²) >= 11 is 1.75. The highest BCUT2D eigenvalue weighted by Crippen LogP contribution is 2.20. The average Bonchev–Trinajstić information content (AvgIpc) is 2.66. The number of hydrogen-bond donors (Lipinski definition) is 2. The lowest BCUT2D eigenvalue weighted by Crippen LogP contribution is -2.36. The lowest BCUT2D eigenvalue weighted by molar-refractivity contribution is 0.703. The number of thiazole rings is 1. The van der Waals surface area contributed by atoms with Gasteiger partial charge in [0.2, 0.25) is 0 Å². The van der Waals surface area contributed by atoms with Gasteiger partial charge < -0.3 is 10.6 Å². The summed E-state index contributed by atoms with van der Waals surface area (Å²) in [6.07, 6.45) is 1.92. The third-order valence-corrected chi connectivity index (χ3v) is 3.24. The molecule has 16 heavy (non-hydrogen) atoms. The summed E-state index contributed by atoms with van der Waals surface area (Å²) in [6, 6.07) is 0. The van der Waals surface area contributed by atoms with Crippen molar-refractivity contribution in [2.45, 2.75) is 19.8 Å². The molecule has 0 amide bonds. The topological polar surface area (TPSA) is 49.3 Å². The van der Waals surface area contributed by atoms with Crippen LogP contribution >= 0.6 is 35.3 Å². The second kappa shape index (κ2) is 7.83. The molecule has 1 heterocycles. The predicted octanol–water partition coefficient (Wildman–Crippen LogP) is 1.97. The van der Waals surface area contributed by atoms with Gasteiger partial charge in [-0.15, -0.1) is 35.3 Å². The molecule has 0 fully saturated rings. The van der Waals surface area contributed by atoms with Gasteiger partial charge in [0.1, 0.15) is 0 Å². The van der Waals surface area contributed by atoms with Crippen LogP contribution in [-0.2, 0) is 0 Å². The predicted molar refractivity (Wildman–Crippen MR) is 81.1 cm³/mol. The minimum Gasteiger partial charge on any atom is -0.359 e. The zero-order chi connectivity index (χ0) is 11.3. The van der Waals surface area contributed by atoms with Crippen molar-refractivity contribution in [3.63, 3.8) is 0 Å². The first-order chi connectivity index (χ1) is 7.17. The van der Waals surface area contributed by atoms with Crippen molar-refractivity contribution < 1.29 is 0 Å². The molecule has 0 saturated carbocycles. The Balaban J connectivity index is 0.00000225. The molecule has 1 aromatic heterocycles. The van der Waals surface area contributed by atoms with Crippen molar-refractivity contribution in [2.75, 3.05) is 20.6 Å². The van der Waals surface area contributed by atoms with Gasteiger partial charge in [-0.25, -0.2) is 4.98 Å². The zero-order valence-corrected chi connectivity index (χ0v) is 13.2. The van der Waals surface area contributed by atoms with Crippen LogP contribution in [-0.4, -0.2) is 31.6 Å². The number of nitrogens with one attached hydrogen (secondary N) is 2. The van der Waals surface area contributed by atoms with E-state index in [9.17, 15) is 0 Å². The Morgan fingerprint density at radius 3 is 2.75 bits per heavy atom. The summed E-state index contributed by atoms with van der Waals surface area (Å²) in [7, 11) is 3.62. The summed E-state index contributed by atoms with van der Waals surface area (Å²) in [4.78, 5) is 9.68. The third kappa shape index (κ3) is 4.65. The van der Waals surface area contributed by atoms with Crippen molar-refractivity contribution in [3.05, 3.63) is 16.1 Å². The lowest BCUT2D eigenvalue weighted by atomic mass is 10.2. The molecule has 2 N–H and O–H groups in total. The van der Waals surface area contributed by atoms with Crippen LogP contribution < -0.4 is 10.6 Å². The maximum Gasteiger partial charge on any atom is 0.190 e. The SMILES string of the molecule is CN=C(NC)NCC(C)c1ncc(C)s1.I. The highest BCUT2D eigenvalue weighted by molar-refractivity contribution is 14.0. The van der Waals surface area contributed by atoms with Crippen molar-refractivity contribution in [1.82, 2.24) is 15.6 Å². The molecule has 0 aliphatic heterocycles. The molecule has 0 aliphatic rings. The molecule has 6 heteroatoms. The number of guanidine groups is 1. The number of halogens is 1. The van der Waals surface area contributed by atoms with Crippen molar-refractivity contribution in [3.8, 4) is 0 Å². The fraction of sp³-hybridized carbons (Fsp3) is 0.600. The van der Waals surface area contributed by atoms with E-state index in [2.05, 4.69) is 34.5 Å². The summed E-state index contributed by atoms with van der Waals surface area (Å²) in [5, 5.41) is 7.39. The van der Waals surface area contributed by atoms with Crippen molar-refractivity contribution in [2.24, 2.45) is 4.99 Å². The van der Waals surface area contributed by atoms with E-state index in [-0.39, 0.29) is 24.0 Å². The molecule has 0 aliphatic carbocycles. The minimum atomic E-state index is 0. The van der Waals surface area contributed by atoms with Crippen LogP contribution in [0.25, 0.3) is 0 Å². The first kappa shape index (κ1) is 15.6.